The molecule has 0 radical (unpaired) electrons. The van der Waals surface area contributed by atoms with Crippen molar-refractivity contribution in [3.8, 4) is 0 Å². The number of unbranched alkanes of at least 4 members (excludes halogenated alkanes) is 2. The first-order valence-corrected chi connectivity index (χ1v) is 7.45. The maximum absolute atomic E-state index is 11.8. The Hall–Kier alpha value is -1.95. The summed E-state index contributed by atoms with van der Waals surface area (Å²) >= 11 is 0. The molecule has 0 aliphatic rings. The second-order valence-electron chi connectivity index (χ2n) is 5.47. The Kier molecular flexibility index (Phi) is 5.27. The van der Waals surface area contributed by atoms with Gasteiger partial charge in [-0.25, -0.2) is 9.67 Å². The number of nitrogens with zero attached hydrogens (tertiary/aromatic N) is 3. The average Bonchev–Trinajstić information content (AvgIpc) is 2.87. The Labute approximate surface area is 124 Å². The van der Waals surface area contributed by atoms with Gasteiger partial charge in [0.15, 0.2) is 5.65 Å². The van der Waals surface area contributed by atoms with E-state index in [9.17, 15) is 4.79 Å². The molecule has 0 aromatic carbocycles. The molecule has 114 valence electrons. The number of nitrogens with one attached hydrogen (secondary N) is 1. The van der Waals surface area contributed by atoms with Crippen molar-refractivity contribution in [2.45, 2.75) is 45.6 Å². The predicted octanol–water partition coefficient (Wildman–Crippen LogP) is 2.47. The van der Waals surface area contributed by atoms with Gasteiger partial charge in [0, 0.05) is 17.8 Å². The first-order valence-electron chi connectivity index (χ1n) is 7.45. The summed E-state index contributed by atoms with van der Waals surface area (Å²) in [7, 11) is 0. The van der Waals surface area contributed by atoms with E-state index < -0.39 is 0 Å². The molecule has 0 fully saturated rings. The summed E-state index contributed by atoms with van der Waals surface area (Å²) < 4.78 is 1.87. The fourth-order valence-electron chi connectivity index (χ4n) is 2.22. The van der Waals surface area contributed by atoms with Crippen molar-refractivity contribution in [1.29, 1.82) is 0 Å². The number of amides is 1. The van der Waals surface area contributed by atoms with Crippen LogP contribution in [0.3, 0.4) is 0 Å². The molecule has 3 N–H and O–H groups in total. The second-order valence-corrected chi connectivity index (χ2v) is 5.47. The van der Waals surface area contributed by atoms with E-state index in [-0.39, 0.29) is 11.9 Å². The topological polar surface area (TPSA) is 85.8 Å². The van der Waals surface area contributed by atoms with Crippen molar-refractivity contribution in [2.24, 2.45) is 5.73 Å². The fourth-order valence-corrected chi connectivity index (χ4v) is 2.22. The quantitative estimate of drug-likeness (QED) is 0.767. The van der Waals surface area contributed by atoms with Crippen LogP contribution in [-0.2, 0) is 4.79 Å². The lowest BCUT2D eigenvalue weighted by molar-refractivity contribution is -0.116. The number of hydrogen-bond acceptors (Lipinski definition) is 4. The van der Waals surface area contributed by atoms with Crippen LogP contribution in [0, 0.1) is 0 Å². The molecule has 1 amide bonds. The number of nitrogens with two attached hydrogens (primary N) is 1. The summed E-state index contributed by atoms with van der Waals surface area (Å²) in [6.07, 6.45) is 6.80. The Morgan fingerprint density at radius 3 is 2.86 bits per heavy atom. The minimum atomic E-state index is 0.0180. The molecule has 0 bridgehead atoms. The van der Waals surface area contributed by atoms with Crippen LogP contribution in [0.2, 0.25) is 0 Å². The smallest absolute Gasteiger partial charge is 0.224 e. The van der Waals surface area contributed by atoms with Crippen LogP contribution in [0.25, 0.3) is 11.0 Å². The van der Waals surface area contributed by atoms with Gasteiger partial charge >= 0.3 is 0 Å². The van der Waals surface area contributed by atoms with Crippen LogP contribution in [0.4, 0.5) is 5.69 Å². The second kappa shape index (κ2) is 7.17. The Bertz CT molecular complexity index is 605. The first-order chi connectivity index (χ1) is 10.1. The standard InChI is InChI=1S/C15H23N5O/c1-11(2)20-15-12(9-18-20)8-13(10-17-15)19-14(21)6-4-3-5-7-16/h8-11H,3-7,16H2,1-2H3,(H,19,21). The largest absolute Gasteiger partial charge is 0.330 e. The van der Waals surface area contributed by atoms with Crippen molar-refractivity contribution >= 4 is 22.6 Å². The zero-order valence-electron chi connectivity index (χ0n) is 12.7. The van der Waals surface area contributed by atoms with Gasteiger partial charge in [-0.3, -0.25) is 4.79 Å². The van der Waals surface area contributed by atoms with Crippen molar-refractivity contribution in [2.75, 3.05) is 11.9 Å². The highest BCUT2D eigenvalue weighted by Crippen LogP contribution is 2.19. The first kappa shape index (κ1) is 15.4. The molecule has 2 heterocycles. The number of aromatic nitrogens is 3. The van der Waals surface area contributed by atoms with Crippen molar-refractivity contribution < 1.29 is 4.79 Å². The summed E-state index contributed by atoms with van der Waals surface area (Å²) in [5, 5.41) is 8.13. The van der Waals surface area contributed by atoms with Gasteiger partial charge in [0.2, 0.25) is 5.91 Å². The Balaban J connectivity index is 1.98. The van der Waals surface area contributed by atoms with E-state index in [0.29, 0.717) is 13.0 Å². The molecule has 2 aromatic heterocycles. The molecular formula is C15H23N5O. The summed E-state index contributed by atoms with van der Waals surface area (Å²) in [6, 6.07) is 2.17. The number of anilines is 1. The summed E-state index contributed by atoms with van der Waals surface area (Å²) in [4.78, 5) is 16.2. The van der Waals surface area contributed by atoms with Gasteiger partial charge in [-0.05, 0) is 39.3 Å². The molecule has 0 atom stereocenters. The summed E-state index contributed by atoms with van der Waals surface area (Å²) in [6.45, 7) is 4.80. The number of carbonyl (C=O) groups excluding carboxylic acids is 1. The number of hydrogen-bond donors (Lipinski definition) is 2. The molecule has 0 aliphatic carbocycles. The number of fused-ring (bicyclic) bond motifs is 1. The van der Waals surface area contributed by atoms with Crippen LogP contribution >= 0.6 is 0 Å². The van der Waals surface area contributed by atoms with E-state index in [0.717, 1.165) is 36.0 Å². The average molecular weight is 289 g/mol. The van der Waals surface area contributed by atoms with Gasteiger partial charge in [-0.1, -0.05) is 6.42 Å². The third-order valence-electron chi connectivity index (χ3n) is 3.31. The highest BCUT2D eigenvalue weighted by atomic mass is 16.1. The van der Waals surface area contributed by atoms with Crippen LogP contribution in [0.5, 0.6) is 0 Å². The van der Waals surface area contributed by atoms with Crippen LogP contribution in [-0.4, -0.2) is 27.2 Å². The summed E-state index contributed by atoms with van der Waals surface area (Å²) in [5.41, 5.74) is 6.98. The molecule has 0 unspecified atom stereocenters. The zero-order valence-corrected chi connectivity index (χ0v) is 12.7. The molecule has 0 saturated carbocycles. The van der Waals surface area contributed by atoms with Crippen molar-refractivity contribution in [3.05, 3.63) is 18.5 Å². The van der Waals surface area contributed by atoms with E-state index in [1.807, 2.05) is 10.7 Å². The van der Waals surface area contributed by atoms with Gasteiger partial charge in [0.25, 0.3) is 0 Å². The molecule has 6 heteroatoms. The van der Waals surface area contributed by atoms with Crippen LogP contribution < -0.4 is 11.1 Å². The highest BCUT2D eigenvalue weighted by molar-refractivity contribution is 5.92. The van der Waals surface area contributed by atoms with E-state index in [2.05, 4.69) is 29.2 Å². The third-order valence-corrected chi connectivity index (χ3v) is 3.31. The lowest BCUT2D eigenvalue weighted by Gasteiger charge is -2.07. The highest BCUT2D eigenvalue weighted by Gasteiger charge is 2.09. The third kappa shape index (κ3) is 4.01. The lowest BCUT2D eigenvalue weighted by atomic mass is 10.2. The number of carbonyl (C=O) groups is 1. The molecule has 2 aromatic rings. The molecule has 0 spiro atoms. The molecule has 0 saturated heterocycles. The fraction of sp³-hybridized carbons (Fsp3) is 0.533. The van der Waals surface area contributed by atoms with Crippen LogP contribution in [0.15, 0.2) is 18.5 Å². The molecule has 6 nitrogen and oxygen atoms in total. The maximum atomic E-state index is 11.8. The SMILES string of the molecule is CC(C)n1ncc2cc(NC(=O)CCCCCN)cnc21. The number of pyridine rings is 1. The van der Waals surface area contributed by atoms with Gasteiger partial charge in [0.05, 0.1) is 18.1 Å². The summed E-state index contributed by atoms with van der Waals surface area (Å²) in [5.74, 6) is 0.0180. The maximum Gasteiger partial charge on any atom is 0.224 e. The van der Waals surface area contributed by atoms with Gasteiger partial charge in [0.1, 0.15) is 0 Å². The van der Waals surface area contributed by atoms with Crippen molar-refractivity contribution in [1.82, 2.24) is 14.8 Å². The van der Waals surface area contributed by atoms with E-state index >= 15 is 0 Å². The Morgan fingerprint density at radius 2 is 2.14 bits per heavy atom. The molecule has 21 heavy (non-hydrogen) atoms. The Morgan fingerprint density at radius 1 is 1.33 bits per heavy atom. The molecular weight excluding hydrogens is 266 g/mol. The monoisotopic (exact) mass is 289 g/mol. The van der Waals surface area contributed by atoms with Gasteiger partial charge in [-0.2, -0.15) is 5.10 Å². The lowest BCUT2D eigenvalue weighted by Crippen LogP contribution is -2.11. The van der Waals surface area contributed by atoms with E-state index in [4.69, 9.17) is 5.73 Å². The van der Waals surface area contributed by atoms with Crippen molar-refractivity contribution in [3.63, 3.8) is 0 Å². The zero-order chi connectivity index (χ0) is 15.2. The predicted molar refractivity (Wildman–Crippen MR) is 84.1 cm³/mol. The van der Waals surface area contributed by atoms with Crippen LogP contribution in [0.1, 0.15) is 45.6 Å². The van der Waals surface area contributed by atoms with E-state index in [1.54, 1.807) is 12.4 Å². The minimum absolute atomic E-state index is 0.0180. The normalized spacial score (nSPS) is 11.2. The number of rotatable bonds is 7. The minimum Gasteiger partial charge on any atom is -0.330 e. The van der Waals surface area contributed by atoms with Gasteiger partial charge in [-0.15, -0.1) is 0 Å². The van der Waals surface area contributed by atoms with Gasteiger partial charge < -0.3 is 11.1 Å². The van der Waals surface area contributed by atoms with E-state index in [1.165, 1.54) is 0 Å². The molecule has 0 aliphatic heterocycles. The molecule has 2 rings (SSSR count).